The Morgan fingerprint density at radius 2 is 1.79 bits per heavy atom. The summed E-state index contributed by atoms with van der Waals surface area (Å²) in [7, 11) is 0. The summed E-state index contributed by atoms with van der Waals surface area (Å²) in [5, 5.41) is 0. The van der Waals surface area contributed by atoms with Gasteiger partial charge in [-0.1, -0.05) is 6.92 Å². The predicted octanol–water partition coefficient (Wildman–Crippen LogP) is 0.302. The Hall–Kier alpha value is -3.00. The topological polar surface area (TPSA) is 80.1 Å². The second kappa shape index (κ2) is 8.57. The summed E-state index contributed by atoms with van der Waals surface area (Å²) < 4.78 is 5.58. The molecule has 0 aliphatic carbocycles. The SMILES string of the molecule is CCCOc1ccc(N2C(=O)C[C@H]([NH+]3CCN(c4ncccn4)CC3)C2=O)cc1. The summed E-state index contributed by atoms with van der Waals surface area (Å²) in [5.74, 6) is 1.21. The summed E-state index contributed by atoms with van der Waals surface area (Å²) in [6.07, 6.45) is 4.65. The highest BCUT2D eigenvalue weighted by Crippen LogP contribution is 2.24. The Kier molecular flexibility index (Phi) is 5.71. The number of imide groups is 1. The summed E-state index contributed by atoms with van der Waals surface area (Å²) >= 11 is 0. The maximum absolute atomic E-state index is 13.0. The van der Waals surface area contributed by atoms with E-state index in [1.54, 1.807) is 30.6 Å². The summed E-state index contributed by atoms with van der Waals surface area (Å²) in [5.41, 5.74) is 0.613. The number of hydrogen-bond donors (Lipinski definition) is 1. The van der Waals surface area contributed by atoms with Crippen molar-refractivity contribution >= 4 is 23.5 Å². The van der Waals surface area contributed by atoms with E-state index in [4.69, 9.17) is 4.74 Å². The van der Waals surface area contributed by atoms with Gasteiger partial charge in [0.2, 0.25) is 11.9 Å². The Morgan fingerprint density at radius 1 is 1.10 bits per heavy atom. The van der Waals surface area contributed by atoms with Gasteiger partial charge in [0, 0.05) is 12.4 Å². The van der Waals surface area contributed by atoms with Gasteiger partial charge < -0.3 is 14.5 Å². The van der Waals surface area contributed by atoms with Crippen molar-refractivity contribution in [3.8, 4) is 5.75 Å². The molecule has 3 heterocycles. The molecule has 4 rings (SSSR count). The molecule has 1 N–H and O–H groups in total. The van der Waals surface area contributed by atoms with Crippen LogP contribution in [-0.4, -0.2) is 60.6 Å². The van der Waals surface area contributed by atoms with Crippen LogP contribution in [0.2, 0.25) is 0 Å². The van der Waals surface area contributed by atoms with E-state index >= 15 is 0 Å². The van der Waals surface area contributed by atoms with E-state index in [1.807, 2.05) is 19.1 Å². The van der Waals surface area contributed by atoms with E-state index in [1.165, 1.54) is 4.90 Å². The molecule has 152 valence electrons. The van der Waals surface area contributed by atoms with Gasteiger partial charge in [-0.15, -0.1) is 0 Å². The van der Waals surface area contributed by atoms with Crippen LogP contribution >= 0.6 is 0 Å². The first kappa shape index (κ1) is 19.3. The molecule has 1 atom stereocenters. The fourth-order valence-corrected chi connectivity index (χ4v) is 3.93. The van der Waals surface area contributed by atoms with Crippen LogP contribution in [0.4, 0.5) is 11.6 Å². The van der Waals surface area contributed by atoms with Gasteiger partial charge in [0.05, 0.1) is 44.9 Å². The maximum Gasteiger partial charge on any atom is 0.292 e. The van der Waals surface area contributed by atoms with Crippen LogP contribution in [-0.2, 0) is 9.59 Å². The molecule has 2 saturated heterocycles. The van der Waals surface area contributed by atoms with Crippen molar-refractivity contribution in [1.29, 1.82) is 0 Å². The van der Waals surface area contributed by atoms with Crippen molar-refractivity contribution in [1.82, 2.24) is 9.97 Å². The molecule has 2 aliphatic rings. The number of carbonyl (C=O) groups excluding carboxylic acids is 2. The second-order valence-electron chi connectivity index (χ2n) is 7.36. The first-order chi connectivity index (χ1) is 14.2. The average Bonchev–Trinajstić information content (AvgIpc) is 3.07. The zero-order chi connectivity index (χ0) is 20.2. The van der Waals surface area contributed by atoms with Gasteiger partial charge in [-0.25, -0.2) is 14.9 Å². The van der Waals surface area contributed by atoms with E-state index in [0.717, 1.165) is 43.2 Å². The lowest BCUT2D eigenvalue weighted by Gasteiger charge is -2.34. The summed E-state index contributed by atoms with van der Waals surface area (Å²) in [4.78, 5) is 38.8. The average molecular weight is 396 g/mol. The molecule has 8 heteroatoms. The Bertz CT molecular complexity index is 850. The van der Waals surface area contributed by atoms with Crippen LogP contribution in [0.3, 0.4) is 0 Å². The number of ether oxygens (including phenoxy) is 1. The van der Waals surface area contributed by atoms with Crippen LogP contribution in [0, 0.1) is 0 Å². The molecule has 0 spiro atoms. The molecular formula is C21H26N5O3+. The number of carbonyl (C=O) groups is 2. The van der Waals surface area contributed by atoms with Crippen molar-refractivity contribution in [3.63, 3.8) is 0 Å². The number of hydrogen-bond acceptors (Lipinski definition) is 6. The number of anilines is 2. The fraction of sp³-hybridized carbons (Fsp3) is 0.429. The quantitative estimate of drug-likeness (QED) is 0.708. The van der Waals surface area contributed by atoms with Crippen LogP contribution in [0.1, 0.15) is 19.8 Å². The molecule has 1 aromatic heterocycles. The van der Waals surface area contributed by atoms with E-state index in [9.17, 15) is 9.59 Å². The van der Waals surface area contributed by atoms with Crippen LogP contribution in [0.25, 0.3) is 0 Å². The molecule has 0 saturated carbocycles. The maximum atomic E-state index is 13.0. The number of aromatic nitrogens is 2. The molecule has 2 aromatic rings. The number of nitrogens with one attached hydrogen (secondary N) is 1. The number of quaternary nitrogens is 1. The number of rotatable bonds is 6. The number of amides is 2. The standard InChI is InChI=1S/C21H25N5O3/c1-2-14-29-17-6-4-16(5-7-17)26-19(27)15-18(20(26)28)24-10-12-25(13-11-24)21-22-8-3-9-23-21/h3-9,18H,2,10-15H2,1H3/p+1/t18-/m0/s1. The Morgan fingerprint density at radius 3 is 2.45 bits per heavy atom. The highest BCUT2D eigenvalue weighted by atomic mass is 16.5. The minimum Gasteiger partial charge on any atom is -0.494 e. The van der Waals surface area contributed by atoms with Gasteiger partial charge >= 0.3 is 0 Å². The first-order valence-corrected chi connectivity index (χ1v) is 10.1. The normalized spacial score (nSPS) is 20.4. The molecule has 2 fully saturated rings. The third-order valence-corrected chi connectivity index (χ3v) is 5.45. The number of nitrogens with zero attached hydrogens (tertiary/aromatic N) is 4. The van der Waals surface area contributed by atoms with Gasteiger partial charge in [-0.2, -0.15) is 0 Å². The van der Waals surface area contributed by atoms with Crippen molar-refractivity contribution < 1.29 is 19.2 Å². The third kappa shape index (κ3) is 4.07. The minimum atomic E-state index is -0.322. The molecule has 2 amide bonds. The Labute approximate surface area is 170 Å². The van der Waals surface area contributed by atoms with Gasteiger partial charge in [0.1, 0.15) is 5.75 Å². The monoisotopic (exact) mass is 396 g/mol. The highest BCUT2D eigenvalue weighted by molar-refractivity contribution is 6.21. The van der Waals surface area contributed by atoms with E-state index < -0.39 is 0 Å². The first-order valence-electron chi connectivity index (χ1n) is 10.1. The van der Waals surface area contributed by atoms with Crippen molar-refractivity contribution in [2.24, 2.45) is 0 Å². The summed E-state index contributed by atoms with van der Waals surface area (Å²) in [6, 6.07) is 8.66. The fourth-order valence-electron chi connectivity index (χ4n) is 3.93. The van der Waals surface area contributed by atoms with Crippen LogP contribution in [0.15, 0.2) is 42.7 Å². The van der Waals surface area contributed by atoms with Gasteiger partial charge in [-0.3, -0.25) is 9.59 Å². The zero-order valence-corrected chi connectivity index (χ0v) is 16.6. The third-order valence-electron chi connectivity index (χ3n) is 5.45. The van der Waals surface area contributed by atoms with Gasteiger partial charge in [0.15, 0.2) is 6.04 Å². The van der Waals surface area contributed by atoms with Crippen molar-refractivity contribution in [2.45, 2.75) is 25.8 Å². The molecule has 29 heavy (non-hydrogen) atoms. The van der Waals surface area contributed by atoms with Crippen molar-refractivity contribution in [2.75, 3.05) is 42.6 Å². The van der Waals surface area contributed by atoms with Crippen LogP contribution in [0.5, 0.6) is 5.75 Å². The van der Waals surface area contributed by atoms with Crippen molar-refractivity contribution in [3.05, 3.63) is 42.7 Å². The lowest BCUT2D eigenvalue weighted by molar-refractivity contribution is -0.915. The molecular weight excluding hydrogens is 370 g/mol. The number of benzene rings is 1. The van der Waals surface area contributed by atoms with E-state index in [-0.39, 0.29) is 24.3 Å². The lowest BCUT2D eigenvalue weighted by Crippen LogP contribution is -3.19. The van der Waals surface area contributed by atoms with E-state index in [0.29, 0.717) is 18.2 Å². The summed E-state index contributed by atoms with van der Waals surface area (Å²) in [6.45, 7) is 5.78. The second-order valence-corrected chi connectivity index (χ2v) is 7.36. The lowest BCUT2D eigenvalue weighted by atomic mass is 10.2. The Balaban J connectivity index is 1.39. The molecule has 1 aromatic carbocycles. The molecule has 0 radical (unpaired) electrons. The number of piperazine rings is 1. The van der Waals surface area contributed by atoms with Gasteiger partial charge in [-0.05, 0) is 36.8 Å². The largest absolute Gasteiger partial charge is 0.494 e. The molecule has 8 nitrogen and oxygen atoms in total. The minimum absolute atomic E-state index is 0.114. The zero-order valence-electron chi connectivity index (χ0n) is 16.6. The smallest absolute Gasteiger partial charge is 0.292 e. The molecule has 2 aliphatic heterocycles. The highest BCUT2D eigenvalue weighted by Gasteiger charge is 2.46. The predicted molar refractivity (Wildman–Crippen MR) is 108 cm³/mol. The molecule has 0 bridgehead atoms. The van der Waals surface area contributed by atoms with E-state index in [2.05, 4.69) is 14.9 Å². The van der Waals surface area contributed by atoms with Crippen LogP contribution < -0.4 is 19.4 Å². The van der Waals surface area contributed by atoms with Gasteiger partial charge in [0.25, 0.3) is 5.91 Å². The molecule has 0 unspecified atom stereocenters.